The third-order valence-electron chi connectivity index (χ3n) is 3.63. The first-order chi connectivity index (χ1) is 8.29. The summed E-state index contributed by atoms with van der Waals surface area (Å²) in [5.74, 6) is -0.127. The van der Waals surface area contributed by atoms with E-state index in [4.69, 9.17) is 9.57 Å². The van der Waals surface area contributed by atoms with Crippen molar-refractivity contribution in [2.45, 2.75) is 56.8 Å². The first-order valence-electron chi connectivity index (χ1n) is 6.54. The molecule has 1 amide bonds. The van der Waals surface area contributed by atoms with E-state index >= 15 is 0 Å². The summed E-state index contributed by atoms with van der Waals surface area (Å²) in [6, 6.07) is 0.601. The van der Waals surface area contributed by atoms with E-state index in [1.165, 1.54) is 0 Å². The maximum Gasteiger partial charge on any atom is 0.272 e. The zero-order chi connectivity index (χ0) is 12.1. The molecule has 5 nitrogen and oxygen atoms in total. The summed E-state index contributed by atoms with van der Waals surface area (Å²) in [6.45, 7) is 0.686. The van der Waals surface area contributed by atoms with E-state index in [2.05, 4.69) is 10.8 Å². The van der Waals surface area contributed by atoms with Crippen LogP contribution in [0.25, 0.3) is 0 Å². The summed E-state index contributed by atoms with van der Waals surface area (Å²) in [4.78, 5) is 17.1. The summed E-state index contributed by atoms with van der Waals surface area (Å²) in [5.41, 5.74) is 2.54. The van der Waals surface area contributed by atoms with Crippen molar-refractivity contribution in [1.29, 1.82) is 0 Å². The highest BCUT2D eigenvalue weighted by molar-refractivity contribution is 5.79. The third-order valence-corrected chi connectivity index (χ3v) is 3.63. The van der Waals surface area contributed by atoms with Crippen LogP contribution in [0.4, 0.5) is 0 Å². The van der Waals surface area contributed by atoms with Gasteiger partial charge in [-0.05, 0) is 45.6 Å². The van der Waals surface area contributed by atoms with Gasteiger partial charge in [-0.25, -0.2) is 5.48 Å². The lowest BCUT2D eigenvalue weighted by molar-refractivity contribution is -0.149. The van der Waals surface area contributed by atoms with Crippen LogP contribution in [0.1, 0.15) is 38.5 Å². The highest BCUT2D eigenvalue weighted by Gasteiger charge is 2.26. The summed E-state index contributed by atoms with van der Waals surface area (Å²) >= 11 is 0. The molecule has 1 aliphatic carbocycles. The van der Waals surface area contributed by atoms with E-state index < -0.39 is 0 Å². The number of hydroxylamine groups is 1. The lowest BCUT2D eigenvalue weighted by Gasteiger charge is -2.28. The molecule has 17 heavy (non-hydrogen) atoms. The van der Waals surface area contributed by atoms with Crippen molar-refractivity contribution in [3.63, 3.8) is 0 Å². The lowest BCUT2D eigenvalue weighted by Crippen LogP contribution is -2.40. The van der Waals surface area contributed by atoms with E-state index in [-0.39, 0.29) is 18.1 Å². The monoisotopic (exact) mass is 242 g/mol. The Morgan fingerprint density at radius 3 is 2.59 bits per heavy atom. The Kier molecular flexibility index (Phi) is 4.76. The van der Waals surface area contributed by atoms with Crippen LogP contribution >= 0.6 is 0 Å². The Morgan fingerprint density at radius 1 is 1.24 bits per heavy atom. The van der Waals surface area contributed by atoms with Crippen LogP contribution in [-0.2, 0) is 14.4 Å². The molecule has 2 rings (SSSR count). The largest absolute Gasteiger partial charge is 0.368 e. The number of ether oxygens (including phenoxy) is 1. The minimum atomic E-state index is -0.302. The first kappa shape index (κ1) is 12.8. The van der Waals surface area contributed by atoms with Gasteiger partial charge in [-0.2, -0.15) is 0 Å². The summed E-state index contributed by atoms with van der Waals surface area (Å²) < 4.78 is 5.29. The van der Waals surface area contributed by atoms with Gasteiger partial charge >= 0.3 is 0 Å². The summed E-state index contributed by atoms with van der Waals surface area (Å²) in [5, 5.41) is 3.27. The van der Waals surface area contributed by atoms with Gasteiger partial charge in [-0.1, -0.05) is 0 Å². The molecule has 1 saturated heterocycles. The van der Waals surface area contributed by atoms with Crippen LogP contribution in [0.3, 0.4) is 0 Å². The van der Waals surface area contributed by atoms with Gasteiger partial charge in [-0.3, -0.25) is 9.63 Å². The minimum Gasteiger partial charge on any atom is -0.368 e. The predicted octanol–water partition coefficient (Wildman–Crippen LogP) is 0.744. The topological polar surface area (TPSA) is 59.6 Å². The Morgan fingerprint density at radius 2 is 2.00 bits per heavy atom. The molecule has 1 aliphatic heterocycles. The number of carbonyl (C=O) groups is 1. The first-order valence-corrected chi connectivity index (χ1v) is 6.54. The van der Waals surface area contributed by atoms with Crippen LogP contribution < -0.4 is 10.8 Å². The van der Waals surface area contributed by atoms with Gasteiger partial charge in [0.2, 0.25) is 0 Å². The number of nitrogens with one attached hydrogen (secondary N) is 2. The number of rotatable bonds is 4. The van der Waals surface area contributed by atoms with Crippen LogP contribution in [0, 0.1) is 0 Å². The second-order valence-corrected chi connectivity index (χ2v) is 4.85. The SMILES string of the molecule is CNC1CCC(ONC(=O)C2CCCO2)CC1. The molecule has 0 aromatic heterocycles. The van der Waals surface area contributed by atoms with Gasteiger partial charge in [0, 0.05) is 12.6 Å². The van der Waals surface area contributed by atoms with Crippen LogP contribution in [0.2, 0.25) is 0 Å². The number of hydrogen-bond acceptors (Lipinski definition) is 4. The van der Waals surface area contributed by atoms with Gasteiger partial charge in [0.05, 0.1) is 6.10 Å². The normalized spacial score (nSPS) is 33.6. The number of hydrogen-bond donors (Lipinski definition) is 2. The fraction of sp³-hybridized carbons (Fsp3) is 0.917. The molecule has 2 aliphatic rings. The summed E-state index contributed by atoms with van der Waals surface area (Å²) in [6.07, 6.45) is 5.84. The Balaban J connectivity index is 1.63. The Hall–Kier alpha value is -0.650. The number of carbonyl (C=O) groups excluding carboxylic acids is 1. The fourth-order valence-corrected chi connectivity index (χ4v) is 2.46. The molecular weight excluding hydrogens is 220 g/mol. The second kappa shape index (κ2) is 6.33. The molecule has 5 heteroatoms. The van der Waals surface area contributed by atoms with Gasteiger partial charge in [0.15, 0.2) is 0 Å². The molecular formula is C12H22N2O3. The molecule has 0 aromatic rings. The molecule has 1 atom stereocenters. The van der Waals surface area contributed by atoms with Gasteiger partial charge in [0.1, 0.15) is 6.10 Å². The molecule has 2 N–H and O–H groups in total. The molecule has 0 bridgehead atoms. The van der Waals surface area contributed by atoms with E-state index in [1.54, 1.807) is 0 Å². The highest BCUT2D eigenvalue weighted by Crippen LogP contribution is 2.20. The Bertz CT molecular complexity index is 246. The Labute approximate surface area is 102 Å². The fourth-order valence-electron chi connectivity index (χ4n) is 2.46. The highest BCUT2D eigenvalue weighted by atomic mass is 16.7. The maximum atomic E-state index is 11.6. The van der Waals surface area contributed by atoms with Gasteiger partial charge in [-0.15, -0.1) is 0 Å². The zero-order valence-corrected chi connectivity index (χ0v) is 10.4. The van der Waals surface area contributed by atoms with E-state index in [0.29, 0.717) is 12.6 Å². The van der Waals surface area contributed by atoms with Crippen molar-refractivity contribution in [3.8, 4) is 0 Å². The van der Waals surface area contributed by atoms with Crippen LogP contribution in [0.5, 0.6) is 0 Å². The molecule has 2 fully saturated rings. The zero-order valence-electron chi connectivity index (χ0n) is 10.4. The molecule has 0 radical (unpaired) electrons. The van der Waals surface area contributed by atoms with Gasteiger partial charge in [0.25, 0.3) is 5.91 Å². The van der Waals surface area contributed by atoms with E-state index in [1.807, 2.05) is 7.05 Å². The van der Waals surface area contributed by atoms with Gasteiger partial charge < -0.3 is 10.1 Å². The van der Waals surface area contributed by atoms with Crippen molar-refractivity contribution in [2.75, 3.05) is 13.7 Å². The second-order valence-electron chi connectivity index (χ2n) is 4.85. The van der Waals surface area contributed by atoms with Crippen molar-refractivity contribution in [2.24, 2.45) is 0 Å². The maximum absolute atomic E-state index is 11.6. The summed E-state index contributed by atoms with van der Waals surface area (Å²) in [7, 11) is 1.99. The molecule has 98 valence electrons. The predicted molar refractivity (Wildman–Crippen MR) is 63.3 cm³/mol. The van der Waals surface area contributed by atoms with E-state index in [0.717, 1.165) is 38.5 Å². The molecule has 1 heterocycles. The van der Waals surface area contributed by atoms with Crippen molar-refractivity contribution in [3.05, 3.63) is 0 Å². The molecule has 1 saturated carbocycles. The van der Waals surface area contributed by atoms with Crippen molar-refractivity contribution >= 4 is 5.91 Å². The van der Waals surface area contributed by atoms with Crippen LogP contribution in [0.15, 0.2) is 0 Å². The van der Waals surface area contributed by atoms with Crippen molar-refractivity contribution in [1.82, 2.24) is 10.8 Å². The smallest absolute Gasteiger partial charge is 0.272 e. The standard InChI is InChI=1S/C12H22N2O3/c1-13-9-4-6-10(7-5-9)17-14-12(15)11-3-2-8-16-11/h9-11,13H,2-8H2,1H3,(H,14,15). The molecule has 0 spiro atoms. The quantitative estimate of drug-likeness (QED) is 0.714. The average Bonchev–Trinajstić information content (AvgIpc) is 2.90. The van der Waals surface area contributed by atoms with Crippen molar-refractivity contribution < 1.29 is 14.4 Å². The molecule has 0 aromatic carbocycles. The molecule has 1 unspecified atom stereocenters. The van der Waals surface area contributed by atoms with Crippen LogP contribution in [-0.4, -0.2) is 37.8 Å². The average molecular weight is 242 g/mol. The minimum absolute atomic E-state index is 0.127. The number of amides is 1. The third kappa shape index (κ3) is 3.66. The van der Waals surface area contributed by atoms with E-state index in [9.17, 15) is 4.79 Å². The lowest BCUT2D eigenvalue weighted by atomic mass is 9.93.